The molecule has 156 valence electrons. The van der Waals surface area contributed by atoms with Crippen LogP contribution in [0.3, 0.4) is 0 Å². The molecule has 1 atom stereocenters. The largest absolute Gasteiger partial charge is 0.456 e. The lowest BCUT2D eigenvalue weighted by Gasteiger charge is -2.22. The molecule has 0 unspecified atom stereocenters. The van der Waals surface area contributed by atoms with Crippen LogP contribution in [0, 0.1) is 6.92 Å². The highest BCUT2D eigenvalue weighted by Crippen LogP contribution is 2.27. The minimum absolute atomic E-state index is 0.0131. The van der Waals surface area contributed by atoms with E-state index < -0.39 is 22.0 Å². The number of esters is 1. The fourth-order valence-electron chi connectivity index (χ4n) is 3.03. The molecule has 3 rings (SSSR count). The van der Waals surface area contributed by atoms with E-state index in [1.54, 1.807) is 43.3 Å². The molecule has 1 fully saturated rings. The van der Waals surface area contributed by atoms with Crippen LogP contribution in [0.2, 0.25) is 0 Å². The molecule has 0 amide bonds. The van der Waals surface area contributed by atoms with Crippen LogP contribution in [-0.4, -0.2) is 60.3 Å². The number of sulfonamides is 1. The number of nitrogens with zero attached hydrogens (tertiary/aromatic N) is 5. The lowest BCUT2D eigenvalue weighted by Crippen LogP contribution is -2.41. The molecule has 0 spiro atoms. The van der Waals surface area contributed by atoms with Gasteiger partial charge in [-0.05, 0) is 31.9 Å². The Morgan fingerprint density at radius 2 is 1.93 bits per heavy atom. The van der Waals surface area contributed by atoms with Gasteiger partial charge in [0.1, 0.15) is 6.04 Å². The summed E-state index contributed by atoms with van der Waals surface area (Å²) >= 11 is 0. The van der Waals surface area contributed by atoms with Crippen LogP contribution < -0.4 is 10.6 Å². The van der Waals surface area contributed by atoms with E-state index in [2.05, 4.69) is 15.0 Å². The Kier molecular flexibility index (Phi) is 5.99. The highest BCUT2D eigenvalue weighted by molar-refractivity contribution is 7.89. The summed E-state index contributed by atoms with van der Waals surface area (Å²) in [4.78, 5) is 26.5. The average Bonchev–Trinajstić information content (AvgIpc) is 3.17. The van der Waals surface area contributed by atoms with Gasteiger partial charge in [-0.25, -0.2) is 8.42 Å². The zero-order valence-electron chi connectivity index (χ0n) is 16.6. The molecule has 2 heterocycles. The number of benzene rings is 1. The smallest absolute Gasteiger partial charge is 0.324 e. The first-order chi connectivity index (χ1) is 13.7. The van der Waals surface area contributed by atoms with Crippen LogP contribution in [0.5, 0.6) is 0 Å². The van der Waals surface area contributed by atoms with E-state index in [0.717, 1.165) is 5.56 Å². The van der Waals surface area contributed by atoms with Crippen molar-refractivity contribution in [1.82, 2.24) is 19.3 Å². The zero-order chi connectivity index (χ0) is 21.2. The molecule has 1 saturated heterocycles. The first-order valence-electron chi connectivity index (χ1n) is 9.11. The summed E-state index contributed by atoms with van der Waals surface area (Å²) in [6.45, 7) is 1.92. The Morgan fingerprint density at radius 3 is 2.59 bits per heavy atom. The Labute approximate surface area is 169 Å². The maximum atomic E-state index is 13.0. The monoisotopic (exact) mass is 420 g/mol. The van der Waals surface area contributed by atoms with Gasteiger partial charge in [0.05, 0.1) is 4.90 Å². The van der Waals surface area contributed by atoms with E-state index in [0.29, 0.717) is 18.8 Å². The maximum absolute atomic E-state index is 13.0. The number of carbonyl (C=O) groups excluding carboxylic acids is 1. The number of aryl methyl sites for hydroxylation is 1. The summed E-state index contributed by atoms with van der Waals surface area (Å²) in [7, 11) is -0.299. The summed E-state index contributed by atoms with van der Waals surface area (Å²) in [6.07, 6.45) is 0.973. The molecular formula is C18H24N6O4S. The Morgan fingerprint density at radius 1 is 1.24 bits per heavy atom. The summed E-state index contributed by atoms with van der Waals surface area (Å²) in [6, 6.07) is 5.66. The number of nitrogen functional groups attached to an aromatic ring is 1. The Hall–Kier alpha value is -2.79. The summed E-state index contributed by atoms with van der Waals surface area (Å²) in [5.41, 5.74) is 6.62. The van der Waals surface area contributed by atoms with Crippen molar-refractivity contribution in [2.75, 3.05) is 31.3 Å². The second-order valence-corrected chi connectivity index (χ2v) is 8.89. The molecule has 0 radical (unpaired) electrons. The summed E-state index contributed by atoms with van der Waals surface area (Å²) in [5, 5.41) is 0. The highest BCUT2D eigenvalue weighted by atomic mass is 32.2. The predicted molar refractivity (Wildman–Crippen MR) is 106 cm³/mol. The third-order valence-corrected chi connectivity index (χ3v) is 6.46. The van der Waals surface area contributed by atoms with Crippen molar-refractivity contribution in [3.8, 4) is 0 Å². The fourth-order valence-corrected chi connectivity index (χ4v) is 4.68. The second-order valence-electron chi connectivity index (χ2n) is 7.00. The van der Waals surface area contributed by atoms with Crippen molar-refractivity contribution in [2.24, 2.45) is 0 Å². The summed E-state index contributed by atoms with van der Waals surface area (Å²) < 4.78 is 32.4. The van der Waals surface area contributed by atoms with Gasteiger partial charge in [0.2, 0.25) is 21.9 Å². The van der Waals surface area contributed by atoms with E-state index in [1.807, 2.05) is 6.92 Å². The first kappa shape index (κ1) is 20.9. The van der Waals surface area contributed by atoms with Gasteiger partial charge in [-0.3, -0.25) is 4.79 Å². The number of hydrogen-bond acceptors (Lipinski definition) is 9. The van der Waals surface area contributed by atoms with Gasteiger partial charge in [-0.1, -0.05) is 17.7 Å². The van der Waals surface area contributed by atoms with E-state index in [4.69, 9.17) is 10.5 Å². The molecule has 1 aliphatic rings. The molecule has 2 aromatic rings. The Balaban J connectivity index is 1.73. The van der Waals surface area contributed by atoms with Gasteiger partial charge in [0.15, 0.2) is 12.4 Å². The number of anilines is 2. The number of rotatable bonds is 6. The third kappa shape index (κ3) is 4.62. The molecule has 11 heteroatoms. The molecule has 2 N–H and O–H groups in total. The van der Waals surface area contributed by atoms with Crippen molar-refractivity contribution in [2.45, 2.75) is 37.3 Å². The molecule has 0 aliphatic carbocycles. The molecular weight excluding hydrogens is 396 g/mol. The van der Waals surface area contributed by atoms with Gasteiger partial charge in [0, 0.05) is 20.6 Å². The zero-order valence-corrected chi connectivity index (χ0v) is 17.4. The van der Waals surface area contributed by atoms with Crippen LogP contribution in [-0.2, 0) is 26.2 Å². The second kappa shape index (κ2) is 8.29. The average molecular weight is 420 g/mol. The minimum Gasteiger partial charge on any atom is -0.456 e. The van der Waals surface area contributed by atoms with Crippen LogP contribution in [0.4, 0.5) is 11.9 Å². The van der Waals surface area contributed by atoms with Crippen LogP contribution in [0.1, 0.15) is 24.2 Å². The van der Waals surface area contributed by atoms with Gasteiger partial charge in [0.25, 0.3) is 0 Å². The lowest BCUT2D eigenvalue weighted by atomic mass is 10.2. The topological polar surface area (TPSA) is 132 Å². The van der Waals surface area contributed by atoms with Crippen molar-refractivity contribution < 1.29 is 17.9 Å². The van der Waals surface area contributed by atoms with E-state index in [1.165, 1.54) is 4.31 Å². The molecule has 1 aromatic heterocycles. The van der Waals surface area contributed by atoms with Gasteiger partial charge >= 0.3 is 5.97 Å². The van der Waals surface area contributed by atoms with Crippen molar-refractivity contribution in [3.05, 3.63) is 35.7 Å². The van der Waals surface area contributed by atoms with Gasteiger partial charge in [-0.2, -0.15) is 19.3 Å². The number of ether oxygens (including phenoxy) is 1. The SMILES string of the molecule is Cc1ccc(S(=O)(=O)N2CCC[C@H]2C(=O)OCc2nc(N)nc(N(C)C)n2)cc1. The Bertz CT molecular complexity index is 994. The van der Waals surface area contributed by atoms with Crippen LogP contribution in [0.25, 0.3) is 0 Å². The van der Waals surface area contributed by atoms with E-state index in [9.17, 15) is 13.2 Å². The van der Waals surface area contributed by atoms with Crippen molar-refractivity contribution in [3.63, 3.8) is 0 Å². The fraction of sp³-hybridized carbons (Fsp3) is 0.444. The third-order valence-electron chi connectivity index (χ3n) is 4.53. The van der Waals surface area contributed by atoms with E-state index >= 15 is 0 Å². The lowest BCUT2D eigenvalue weighted by molar-refractivity contribution is -0.149. The standard InChI is InChI=1S/C18H24N6O4S/c1-12-6-8-13(9-7-12)29(26,27)24-10-4-5-14(24)16(25)28-11-15-20-17(19)22-18(21-15)23(2)3/h6-9,14H,4-5,10-11H2,1-3H3,(H2,19,20,21,22)/t14-/m0/s1. The molecule has 1 aromatic carbocycles. The predicted octanol–water partition coefficient (Wildman–Crippen LogP) is 0.725. The van der Waals surface area contributed by atoms with Gasteiger partial charge in [-0.15, -0.1) is 0 Å². The first-order valence-corrected chi connectivity index (χ1v) is 10.6. The normalized spacial score (nSPS) is 17.3. The van der Waals surface area contributed by atoms with Crippen molar-refractivity contribution >= 4 is 27.9 Å². The highest BCUT2D eigenvalue weighted by Gasteiger charge is 2.40. The summed E-state index contributed by atoms with van der Waals surface area (Å²) in [5.74, 6) is -0.0868. The molecule has 10 nitrogen and oxygen atoms in total. The molecule has 29 heavy (non-hydrogen) atoms. The van der Waals surface area contributed by atoms with E-state index in [-0.39, 0.29) is 29.8 Å². The quantitative estimate of drug-likeness (QED) is 0.671. The number of hydrogen-bond donors (Lipinski definition) is 1. The van der Waals surface area contributed by atoms with Crippen LogP contribution in [0.15, 0.2) is 29.2 Å². The van der Waals surface area contributed by atoms with Crippen molar-refractivity contribution in [1.29, 1.82) is 0 Å². The number of aromatic nitrogens is 3. The molecule has 0 saturated carbocycles. The molecule has 0 bridgehead atoms. The van der Waals surface area contributed by atoms with Gasteiger partial charge < -0.3 is 15.4 Å². The molecule has 1 aliphatic heterocycles. The maximum Gasteiger partial charge on any atom is 0.324 e. The van der Waals surface area contributed by atoms with Crippen LogP contribution >= 0.6 is 0 Å². The number of nitrogens with two attached hydrogens (primary N) is 1. The number of carbonyl (C=O) groups is 1. The minimum atomic E-state index is -3.79.